The SMILES string of the molecule is CP(C)CCP(C)CCP(C)CCP(C)C. The molecule has 0 N–H and O–H groups in total. The summed E-state index contributed by atoms with van der Waals surface area (Å²) in [6, 6.07) is 0. The van der Waals surface area contributed by atoms with Gasteiger partial charge in [0.1, 0.15) is 0 Å². The van der Waals surface area contributed by atoms with E-state index in [0.29, 0.717) is 31.7 Å². The van der Waals surface area contributed by atoms with Crippen molar-refractivity contribution in [3.63, 3.8) is 0 Å². The molecule has 0 aromatic rings. The second-order valence-corrected chi connectivity index (χ2v) is 15.6. The summed E-state index contributed by atoms with van der Waals surface area (Å²) in [7, 11) is 1.43. The van der Waals surface area contributed by atoms with Crippen molar-refractivity contribution in [1.82, 2.24) is 0 Å². The van der Waals surface area contributed by atoms with Gasteiger partial charge in [-0.1, -0.05) is 0 Å². The van der Waals surface area contributed by atoms with Gasteiger partial charge in [-0.15, -0.1) is 31.7 Å². The molecule has 0 saturated heterocycles. The topological polar surface area (TPSA) is 0 Å². The van der Waals surface area contributed by atoms with E-state index in [-0.39, 0.29) is 0 Å². The zero-order chi connectivity index (χ0) is 12.6. The summed E-state index contributed by atoms with van der Waals surface area (Å²) >= 11 is 0. The van der Waals surface area contributed by atoms with Crippen LogP contribution in [0.5, 0.6) is 0 Å². The van der Waals surface area contributed by atoms with Gasteiger partial charge in [-0.3, -0.25) is 0 Å². The Hall–Kier alpha value is 1.72. The number of rotatable bonds is 9. The molecule has 0 amide bonds. The van der Waals surface area contributed by atoms with E-state index in [1.165, 1.54) is 24.6 Å². The second kappa shape index (κ2) is 10.6. The van der Waals surface area contributed by atoms with Gasteiger partial charge < -0.3 is 0 Å². The van der Waals surface area contributed by atoms with Crippen LogP contribution in [0.25, 0.3) is 0 Å². The normalized spacial score (nSPS) is 15.8. The van der Waals surface area contributed by atoms with Crippen LogP contribution in [-0.2, 0) is 0 Å². The molecule has 0 radical (unpaired) electrons. The molecule has 0 heterocycles. The summed E-state index contributed by atoms with van der Waals surface area (Å²) in [5.41, 5.74) is 0. The predicted octanol–water partition coefficient (Wildman–Crippen LogP) is 4.69. The largest absolute Gasteiger partial charge is 0.113 e. The summed E-state index contributed by atoms with van der Waals surface area (Å²) in [4.78, 5) is 0. The third-order valence-electron chi connectivity index (χ3n) is 2.72. The Bertz CT molecular complexity index is 141. The zero-order valence-electron chi connectivity index (χ0n) is 12.0. The molecule has 0 aromatic heterocycles. The first kappa shape index (κ1) is 17.7. The highest BCUT2D eigenvalue weighted by atomic mass is 31.1. The number of hydrogen-bond acceptors (Lipinski definition) is 0. The van der Waals surface area contributed by atoms with Crippen molar-refractivity contribution in [3.8, 4) is 0 Å². The second-order valence-electron chi connectivity index (χ2n) is 5.21. The molecule has 2 unspecified atom stereocenters. The van der Waals surface area contributed by atoms with Crippen molar-refractivity contribution in [3.05, 3.63) is 0 Å². The van der Waals surface area contributed by atoms with Crippen molar-refractivity contribution in [2.75, 3.05) is 77.0 Å². The van der Waals surface area contributed by atoms with Crippen LogP contribution in [-0.4, -0.2) is 77.0 Å². The molecule has 0 aliphatic carbocycles. The van der Waals surface area contributed by atoms with E-state index in [9.17, 15) is 0 Å². The maximum Gasteiger partial charge on any atom is -0.0289 e. The summed E-state index contributed by atoms with van der Waals surface area (Å²) in [5.74, 6) is 0. The van der Waals surface area contributed by atoms with E-state index in [1.54, 1.807) is 12.3 Å². The van der Waals surface area contributed by atoms with Gasteiger partial charge in [-0.05, 0) is 77.0 Å². The highest BCUT2D eigenvalue weighted by Gasteiger charge is 2.07. The molecule has 0 nitrogen and oxygen atoms in total. The van der Waals surface area contributed by atoms with E-state index < -0.39 is 0 Å². The van der Waals surface area contributed by atoms with E-state index in [1.807, 2.05) is 0 Å². The first-order valence-corrected chi connectivity index (χ1v) is 15.2. The van der Waals surface area contributed by atoms with Gasteiger partial charge in [0.2, 0.25) is 0 Å². The summed E-state index contributed by atoms with van der Waals surface area (Å²) in [6.45, 7) is 14.7. The van der Waals surface area contributed by atoms with Gasteiger partial charge >= 0.3 is 0 Å². The fourth-order valence-electron chi connectivity index (χ4n) is 1.31. The van der Waals surface area contributed by atoms with E-state index in [2.05, 4.69) is 40.0 Å². The number of hydrogen-bond donors (Lipinski definition) is 0. The monoisotopic (exact) mass is 298 g/mol. The summed E-state index contributed by atoms with van der Waals surface area (Å²) < 4.78 is 0. The standard InChI is InChI=1S/C12H30P4/c1-13(2)7-9-15(5)11-12-16(6)10-8-14(3)4/h7-12H2,1-6H3. The van der Waals surface area contributed by atoms with Crippen LogP contribution in [0.1, 0.15) is 0 Å². The van der Waals surface area contributed by atoms with Crippen LogP contribution in [0.15, 0.2) is 0 Å². The molecule has 0 aliphatic rings. The lowest BCUT2D eigenvalue weighted by molar-refractivity contribution is 1.39. The Morgan fingerprint density at radius 2 is 0.688 bits per heavy atom. The van der Waals surface area contributed by atoms with Crippen LogP contribution in [0.3, 0.4) is 0 Å². The first-order valence-electron chi connectivity index (χ1n) is 6.08. The highest BCUT2D eigenvalue weighted by Crippen LogP contribution is 2.42. The molecule has 0 saturated carbocycles. The zero-order valence-corrected chi connectivity index (χ0v) is 15.6. The van der Waals surface area contributed by atoms with Gasteiger partial charge in [-0.25, -0.2) is 0 Å². The molecule has 2 atom stereocenters. The molecule has 0 aromatic carbocycles. The van der Waals surface area contributed by atoms with Gasteiger partial charge in [-0.2, -0.15) is 0 Å². The fraction of sp³-hybridized carbons (Fsp3) is 1.00. The molecule has 98 valence electrons. The van der Waals surface area contributed by atoms with Crippen molar-refractivity contribution in [1.29, 1.82) is 0 Å². The predicted molar refractivity (Wildman–Crippen MR) is 92.4 cm³/mol. The van der Waals surface area contributed by atoms with Crippen LogP contribution < -0.4 is 0 Å². The Kier molecular flexibility index (Phi) is 11.8. The van der Waals surface area contributed by atoms with E-state index in [4.69, 9.17) is 0 Å². The third-order valence-corrected chi connectivity index (χ3v) is 9.96. The lowest BCUT2D eigenvalue weighted by Crippen LogP contribution is -1.99. The van der Waals surface area contributed by atoms with Gasteiger partial charge in [0.25, 0.3) is 0 Å². The maximum atomic E-state index is 2.52. The minimum Gasteiger partial charge on any atom is -0.113 e. The maximum absolute atomic E-state index is 2.52. The molecule has 0 bridgehead atoms. The smallest absolute Gasteiger partial charge is 0.0289 e. The van der Waals surface area contributed by atoms with Crippen molar-refractivity contribution < 1.29 is 0 Å². The van der Waals surface area contributed by atoms with Gasteiger partial charge in [0, 0.05) is 0 Å². The van der Waals surface area contributed by atoms with Crippen LogP contribution >= 0.6 is 31.7 Å². The molecule has 0 spiro atoms. The molecule has 0 rings (SSSR count). The van der Waals surface area contributed by atoms with Gasteiger partial charge in [0.05, 0.1) is 0 Å². The summed E-state index contributed by atoms with van der Waals surface area (Å²) in [6.07, 6.45) is 9.18. The quantitative estimate of drug-likeness (QED) is 0.542. The molecular weight excluding hydrogens is 268 g/mol. The minimum atomic E-state index is 0.350. The van der Waals surface area contributed by atoms with E-state index in [0.717, 1.165) is 0 Å². The molecule has 16 heavy (non-hydrogen) atoms. The van der Waals surface area contributed by atoms with Crippen LogP contribution in [0.2, 0.25) is 0 Å². The van der Waals surface area contributed by atoms with Crippen molar-refractivity contribution in [2.24, 2.45) is 0 Å². The molecule has 0 fully saturated rings. The average molecular weight is 298 g/mol. The molecular formula is C12H30P4. The third kappa shape index (κ3) is 12.2. The average Bonchev–Trinajstić information content (AvgIpc) is 2.20. The van der Waals surface area contributed by atoms with Crippen molar-refractivity contribution >= 4 is 31.7 Å². The Balaban J connectivity index is 3.47. The van der Waals surface area contributed by atoms with Crippen LogP contribution in [0.4, 0.5) is 0 Å². The van der Waals surface area contributed by atoms with Gasteiger partial charge in [0.15, 0.2) is 0 Å². The van der Waals surface area contributed by atoms with Crippen molar-refractivity contribution in [2.45, 2.75) is 0 Å². The minimum absolute atomic E-state index is 0.350. The fourth-order valence-corrected chi connectivity index (χ4v) is 10.4. The Morgan fingerprint density at radius 1 is 0.438 bits per heavy atom. The lowest BCUT2D eigenvalue weighted by Gasteiger charge is -2.18. The highest BCUT2D eigenvalue weighted by molar-refractivity contribution is 7.63. The Labute approximate surface area is 109 Å². The van der Waals surface area contributed by atoms with Crippen LogP contribution in [0, 0.1) is 0 Å². The first-order chi connectivity index (χ1) is 7.41. The molecule has 4 heteroatoms. The lowest BCUT2D eigenvalue weighted by atomic mass is 10.9. The summed E-state index contributed by atoms with van der Waals surface area (Å²) in [5, 5.41) is 0. The Morgan fingerprint density at radius 3 is 0.938 bits per heavy atom. The molecule has 0 aliphatic heterocycles. The van der Waals surface area contributed by atoms with E-state index >= 15 is 0 Å².